The summed E-state index contributed by atoms with van der Waals surface area (Å²) >= 11 is 0. The van der Waals surface area contributed by atoms with E-state index in [0.717, 1.165) is 40.2 Å². The number of aliphatic imine (C=N–C) groups is 1. The van der Waals surface area contributed by atoms with E-state index in [1.54, 1.807) is 14.2 Å². The molecule has 31 heavy (non-hydrogen) atoms. The lowest BCUT2D eigenvalue weighted by Gasteiger charge is -2.23. The van der Waals surface area contributed by atoms with Gasteiger partial charge in [-0.15, -0.1) is 10.2 Å². The third kappa shape index (κ3) is 5.75. The second-order valence-corrected chi connectivity index (χ2v) is 7.24. The van der Waals surface area contributed by atoms with E-state index in [4.69, 9.17) is 14.5 Å². The van der Waals surface area contributed by atoms with Gasteiger partial charge in [-0.1, -0.05) is 30.3 Å². The minimum atomic E-state index is 0.523. The molecule has 0 amide bonds. The molecule has 8 heteroatoms. The Balaban J connectivity index is 1.79. The van der Waals surface area contributed by atoms with Gasteiger partial charge in [-0.05, 0) is 24.6 Å². The zero-order chi connectivity index (χ0) is 22.2. The highest BCUT2D eigenvalue weighted by Gasteiger charge is 2.13. The number of rotatable bonds is 8. The Kier molecular flexibility index (Phi) is 7.48. The largest absolute Gasteiger partial charge is 0.497 e. The SMILES string of the molecule is COc1ccc(CN(C)C(=NCc2ccccc2)NCc2nnc(C)n2C)c(OC)c1. The number of aryl methyl sites for hydroxylation is 1. The molecule has 1 aromatic heterocycles. The molecule has 0 radical (unpaired) electrons. The van der Waals surface area contributed by atoms with Crippen LogP contribution in [0, 0.1) is 6.92 Å². The highest BCUT2D eigenvalue weighted by atomic mass is 16.5. The number of guanidine groups is 1. The number of ether oxygens (including phenoxy) is 2. The second kappa shape index (κ2) is 10.5. The molecule has 0 saturated heterocycles. The minimum absolute atomic E-state index is 0.523. The first-order valence-corrected chi connectivity index (χ1v) is 10.1. The lowest BCUT2D eigenvalue weighted by molar-refractivity contribution is 0.382. The summed E-state index contributed by atoms with van der Waals surface area (Å²) in [5.74, 6) is 4.02. The fourth-order valence-electron chi connectivity index (χ4n) is 3.14. The van der Waals surface area contributed by atoms with Crippen LogP contribution in [0.2, 0.25) is 0 Å². The first kappa shape index (κ1) is 22.1. The van der Waals surface area contributed by atoms with Crippen molar-refractivity contribution in [3.63, 3.8) is 0 Å². The molecule has 0 saturated carbocycles. The van der Waals surface area contributed by atoms with Crippen LogP contribution < -0.4 is 14.8 Å². The number of aromatic nitrogens is 3. The van der Waals surface area contributed by atoms with E-state index in [1.807, 2.05) is 62.0 Å². The average Bonchev–Trinajstić information content (AvgIpc) is 3.12. The molecule has 0 aliphatic rings. The fourth-order valence-corrected chi connectivity index (χ4v) is 3.14. The van der Waals surface area contributed by atoms with Crippen molar-refractivity contribution in [3.8, 4) is 11.5 Å². The van der Waals surface area contributed by atoms with E-state index in [9.17, 15) is 0 Å². The van der Waals surface area contributed by atoms with Crippen molar-refractivity contribution < 1.29 is 9.47 Å². The van der Waals surface area contributed by atoms with Crippen molar-refractivity contribution in [2.75, 3.05) is 21.3 Å². The van der Waals surface area contributed by atoms with Gasteiger partial charge in [0, 0.05) is 32.3 Å². The summed E-state index contributed by atoms with van der Waals surface area (Å²) in [5.41, 5.74) is 2.18. The van der Waals surface area contributed by atoms with Crippen LogP contribution in [0.15, 0.2) is 53.5 Å². The second-order valence-electron chi connectivity index (χ2n) is 7.24. The van der Waals surface area contributed by atoms with Gasteiger partial charge < -0.3 is 24.3 Å². The van der Waals surface area contributed by atoms with Gasteiger partial charge in [0.1, 0.15) is 17.3 Å². The molecule has 2 aromatic carbocycles. The maximum Gasteiger partial charge on any atom is 0.194 e. The molecule has 0 aliphatic heterocycles. The Hall–Kier alpha value is -3.55. The molecule has 0 aliphatic carbocycles. The van der Waals surface area contributed by atoms with Gasteiger partial charge >= 0.3 is 0 Å². The van der Waals surface area contributed by atoms with Crippen LogP contribution >= 0.6 is 0 Å². The standard InChI is InChI=1S/C23H30N6O2/c1-17-26-27-22(29(17)3)15-25-23(24-14-18-9-7-6-8-10-18)28(2)16-19-11-12-20(30-4)13-21(19)31-5/h6-13H,14-16H2,1-5H3,(H,24,25). The minimum Gasteiger partial charge on any atom is -0.497 e. The van der Waals surface area contributed by atoms with Crippen LogP contribution in [0.25, 0.3) is 0 Å². The molecule has 0 unspecified atom stereocenters. The first-order valence-electron chi connectivity index (χ1n) is 10.1. The number of benzene rings is 2. The molecule has 0 atom stereocenters. The lowest BCUT2D eigenvalue weighted by atomic mass is 10.2. The summed E-state index contributed by atoms with van der Waals surface area (Å²) in [5, 5.41) is 11.8. The Bertz CT molecular complexity index is 1020. The Morgan fingerprint density at radius 3 is 2.52 bits per heavy atom. The summed E-state index contributed by atoms with van der Waals surface area (Å²) in [6, 6.07) is 16.0. The van der Waals surface area contributed by atoms with Crippen molar-refractivity contribution in [3.05, 3.63) is 71.3 Å². The van der Waals surface area contributed by atoms with Gasteiger partial charge in [0.15, 0.2) is 11.8 Å². The van der Waals surface area contributed by atoms with Crippen molar-refractivity contribution in [1.82, 2.24) is 25.0 Å². The quantitative estimate of drug-likeness (QED) is 0.444. The Labute approximate surface area is 183 Å². The Morgan fingerprint density at radius 2 is 1.87 bits per heavy atom. The predicted molar refractivity (Wildman–Crippen MR) is 121 cm³/mol. The third-order valence-electron chi connectivity index (χ3n) is 5.10. The number of hydrogen-bond donors (Lipinski definition) is 1. The van der Waals surface area contributed by atoms with Gasteiger partial charge in [0.2, 0.25) is 0 Å². The molecule has 0 fully saturated rings. The number of methoxy groups -OCH3 is 2. The van der Waals surface area contributed by atoms with Crippen LogP contribution in [0.1, 0.15) is 22.8 Å². The third-order valence-corrected chi connectivity index (χ3v) is 5.10. The summed E-state index contributed by atoms with van der Waals surface area (Å²) < 4.78 is 12.8. The smallest absolute Gasteiger partial charge is 0.194 e. The van der Waals surface area contributed by atoms with Gasteiger partial charge in [0.05, 0.1) is 27.3 Å². The summed E-state index contributed by atoms with van der Waals surface area (Å²) in [4.78, 5) is 6.91. The van der Waals surface area contributed by atoms with Crippen molar-refractivity contribution in [1.29, 1.82) is 0 Å². The molecule has 3 rings (SSSR count). The van der Waals surface area contributed by atoms with Gasteiger partial charge in [-0.25, -0.2) is 4.99 Å². The fraction of sp³-hybridized carbons (Fsp3) is 0.348. The molecule has 0 spiro atoms. The van der Waals surface area contributed by atoms with E-state index < -0.39 is 0 Å². The normalized spacial score (nSPS) is 11.3. The molecule has 1 N–H and O–H groups in total. The average molecular weight is 423 g/mol. The summed E-state index contributed by atoms with van der Waals surface area (Å²) in [7, 11) is 7.27. The van der Waals surface area contributed by atoms with E-state index in [0.29, 0.717) is 19.6 Å². The van der Waals surface area contributed by atoms with Crippen molar-refractivity contribution >= 4 is 5.96 Å². The monoisotopic (exact) mass is 422 g/mol. The summed E-state index contributed by atoms with van der Waals surface area (Å²) in [6.45, 7) is 3.65. The predicted octanol–water partition coefficient (Wildman–Crippen LogP) is 2.92. The first-order chi connectivity index (χ1) is 15.0. The van der Waals surface area contributed by atoms with E-state index in [2.05, 4.69) is 32.5 Å². The van der Waals surface area contributed by atoms with Crippen LogP contribution in [-0.4, -0.2) is 46.9 Å². The molecule has 3 aromatic rings. The van der Waals surface area contributed by atoms with Crippen molar-refractivity contribution in [2.24, 2.45) is 12.0 Å². The number of nitrogens with one attached hydrogen (secondary N) is 1. The van der Waals surface area contributed by atoms with Gasteiger partial charge in [-0.2, -0.15) is 0 Å². The van der Waals surface area contributed by atoms with Crippen LogP contribution in [0.5, 0.6) is 11.5 Å². The lowest BCUT2D eigenvalue weighted by Crippen LogP contribution is -2.38. The molecule has 1 heterocycles. The van der Waals surface area contributed by atoms with Crippen molar-refractivity contribution in [2.45, 2.75) is 26.6 Å². The van der Waals surface area contributed by atoms with Crippen LogP contribution in [-0.2, 0) is 26.7 Å². The van der Waals surface area contributed by atoms with E-state index in [-0.39, 0.29) is 0 Å². The van der Waals surface area contributed by atoms with E-state index in [1.165, 1.54) is 0 Å². The maximum atomic E-state index is 5.56. The maximum absolute atomic E-state index is 5.56. The molecule has 8 nitrogen and oxygen atoms in total. The molecular weight excluding hydrogens is 392 g/mol. The number of nitrogens with zero attached hydrogens (tertiary/aromatic N) is 5. The zero-order valence-corrected chi connectivity index (χ0v) is 18.8. The van der Waals surface area contributed by atoms with E-state index >= 15 is 0 Å². The highest BCUT2D eigenvalue weighted by molar-refractivity contribution is 5.79. The molecule has 0 bridgehead atoms. The zero-order valence-electron chi connectivity index (χ0n) is 18.8. The van der Waals surface area contributed by atoms with Gasteiger partial charge in [0.25, 0.3) is 0 Å². The van der Waals surface area contributed by atoms with Gasteiger partial charge in [-0.3, -0.25) is 0 Å². The Morgan fingerprint density at radius 1 is 1.10 bits per heavy atom. The van der Waals surface area contributed by atoms with Crippen LogP contribution in [0.3, 0.4) is 0 Å². The summed E-state index contributed by atoms with van der Waals surface area (Å²) in [6.07, 6.45) is 0. The molecular formula is C23H30N6O2. The topological polar surface area (TPSA) is 76.8 Å². The van der Waals surface area contributed by atoms with Crippen LogP contribution in [0.4, 0.5) is 0 Å². The molecule has 164 valence electrons. The number of hydrogen-bond acceptors (Lipinski definition) is 5. The highest BCUT2D eigenvalue weighted by Crippen LogP contribution is 2.25.